The largest absolute Gasteiger partial charge is 0.400 e. The summed E-state index contributed by atoms with van der Waals surface area (Å²) in [7, 11) is 2.00. The lowest BCUT2D eigenvalue weighted by atomic mass is 10.1. The Labute approximate surface area is 112 Å². The fourth-order valence-corrected chi connectivity index (χ4v) is 1.13. The molecule has 2 aromatic rings. The molecule has 2 rings (SSSR count). The Morgan fingerprint density at radius 1 is 0.500 bits per heavy atom. The smallest absolute Gasteiger partial charge is 0.0319 e. The summed E-state index contributed by atoms with van der Waals surface area (Å²) >= 11 is 0. The second-order valence-corrected chi connectivity index (χ2v) is 2.35. The summed E-state index contributed by atoms with van der Waals surface area (Å²) in [5, 5.41) is 16.6. The highest BCUT2D eigenvalue weighted by atomic mass is 16.2. The second-order valence-electron chi connectivity index (χ2n) is 2.35. The molecule has 0 amide bonds. The minimum absolute atomic E-state index is 1.00. The first-order chi connectivity index (χ1) is 8.97. The highest BCUT2D eigenvalue weighted by molar-refractivity contribution is 5.81. The van der Waals surface area contributed by atoms with Gasteiger partial charge in [-0.25, -0.2) is 0 Å². The van der Waals surface area contributed by atoms with Gasteiger partial charge in [-0.1, -0.05) is 76.2 Å². The van der Waals surface area contributed by atoms with Gasteiger partial charge < -0.3 is 10.2 Å². The van der Waals surface area contributed by atoms with Crippen LogP contribution in [0.15, 0.2) is 48.5 Å². The third-order valence-electron chi connectivity index (χ3n) is 1.66. The molecule has 18 heavy (non-hydrogen) atoms. The molecule has 0 atom stereocenters. The maximum atomic E-state index is 7.00. The van der Waals surface area contributed by atoms with Crippen LogP contribution < -0.4 is 0 Å². The number of hydrogen-bond donors (Lipinski definition) is 2. The van der Waals surface area contributed by atoms with Gasteiger partial charge in [0.25, 0.3) is 0 Å². The minimum Gasteiger partial charge on any atom is -0.400 e. The number of rotatable bonds is 0. The van der Waals surface area contributed by atoms with E-state index in [2.05, 4.69) is 48.5 Å². The van der Waals surface area contributed by atoms with Crippen molar-refractivity contribution in [3.8, 4) is 0 Å². The topological polar surface area (TPSA) is 40.5 Å². The monoisotopic (exact) mass is 252 g/mol. The summed E-state index contributed by atoms with van der Waals surface area (Å²) in [4.78, 5) is 0. The molecule has 2 nitrogen and oxygen atoms in total. The predicted molar refractivity (Wildman–Crippen MR) is 82.9 cm³/mol. The van der Waals surface area contributed by atoms with E-state index < -0.39 is 0 Å². The number of benzene rings is 2. The number of fused-ring (bicyclic) bond motifs is 1. The van der Waals surface area contributed by atoms with Crippen molar-refractivity contribution < 1.29 is 10.2 Å². The van der Waals surface area contributed by atoms with Gasteiger partial charge >= 0.3 is 0 Å². The Hall–Kier alpha value is -1.38. The SMILES string of the molecule is CC.CC.CO.CO.c1ccc2ccccc2c1. The highest BCUT2D eigenvalue weighted by Crippen LogP contribution is 2.11. The number of hydrogen-bond acceptors (Lipinski definition) is 2. The van der Waals surface area contributed by atoms with E-state index in [1.807, 2.05) is 27.7 Å². The van der Waals surface area contributed by atoms with Gasteiger partial charge in [0.2, 0.25) is 0 Å². The average molecular weight is 252 g/mol. The molecule has 0 saturated heterocycles. The van der Waals surface area contributed by atoms with Gasteiger partial charge in [-0.15, -0.1) is 0 Å². The zero-order chi connectivity index (χ0) is 14.8. The Morgan fingerprint density at radius 3 is 0.833 bits per heavy atom. The van der Waals surface area contributed by atoms with E-state index in [1.54, 1.807) is 0 Å². The molecule has 0 unspecified atom stereocenters. The molecule has 0 aliphatic carbocycles. The Kier molecular flexibility index (Phi) is 25.5. The Balaban J connectivity index is -0.000000244. The molecule has 0 aliphatic rings. The van der Waals surface area contributed by atoms with Crippen LogP contribution in [0.1, 0.15) is 27.7 Å². The van der Waals surface area contributed by atoms with E-state index in [9.17, 15) is 0 Å². The molecule has 0 aromatic heterocycles. The van der Waals surface area contributed by atoms with Crippen molar-refractivity contribution in [3.05, 3.63) is 48.5 Å². The van der Waals surface area contributed by atoms with E-state index >= 15 is 0 Å². The van der Waals surface area contributed by atoms with Crippen molar-refractivity contribution in [2.75, 3.05) is 14.2 Å². The average Bonchev–Trinajstić information content (AvgIpc) is 2.55. The maximum absolute atomic E-state index is 7.00. The highest BCUT2D eigenvalue weighted by Gasteiger charge is 1.85. The molecule has 2 aromatic carbocycles. The van der Waals surface area contributed by atoms with Crippen molar-refractivity contribution in [3.63, 3.8) is 0 Å². The van der Waals surface area contributed by atoms with Gasteiger partial charge in [-0.05, 0) is 10.8 Å². The molecule has 0 spiro atoms. The van der Waals surface area contributed by atoms with Gasteiger partial charge in [0.1, 0.15) is 0 Å². The lowest BCUT2D eigenvalue weighted by Crippen LogP contribution is -1.67. The molecule has 104 valence electrons. The van der Waals surface area contributed by atoms with Crippen LogP contribution >= 0.6 is 0 Å². The normalized spacial score (nSPS) is 6.89. The molecule has 0 aliphatic heterocycles. The fraction of sp³-hybridized carbons (Fsp3) is 0.375. The minimum atomic E-state index is 1.00. The van der Waals surface area contributed by atoms with E-state index in [0.29, 0.717) is 0 Å². The number of aliphatic hydroxyl groups excluding tert-OH is 2. The Morgan fingerprint density at radius 2 is 0.667 bits per heavy atom. The molecule has 2 heteroatoms. The molecule has 2 N–H and O–H groups in total. The van der Waals surface area contributed by atoms with E-state index in [-0.39, 0.29) is 0 Å². The van der Waals surface area contributed by atoms with Gasteiger partial charge in [0.15, 0.2) is 0 Å². The summed E-state index contributed by atoms with van der Waals surface area (Å²) < 4.78 is 0. The van der Waals surface area contributed by atoms with Gasteiger partial charge in [0, 0.05) is 14.2 Å². The molecule has 0 fully saturated rings. The summed E-state index contributed by atoms with van der Waals surface area (Å²) in [5.74, 6) is 0. The summed E-state index contributed by atoms with van der Waals surface area (Å²) in [6.07, 6.45) is 0. The predicted octanol–water partition coefficient (Wildman–Crippen LogP) is 4.11. The van der Waals surface area contributed by atoms with Crippen LogP contribution in [-0.4, -0.2) is 24.4 Å². The van der Waals surface area contributed by atoms with E-state index in [4.69, 9.17) is 10.2 Å². The van der Waals surface area contributed by atoms with Gasteiger partial charge in [0.05, 0.1) is 0 Å². The summed E-state index contributed by atoms with van der Waals surface area (Å²) in [6, 6.07) is 16.7. The molecule has 0 saturated carbocycles. The van der Waals surface area contributed by atoms with Crippen molar-refractivity contribution in [1.82, 2.24) is 0 Å². The molecule has 0 radical (unpaired) electrons. The van der Waals surface area contributed by atoms with E-state index in [0.717, 1.165) is 14.2 Å². The quantitative estimate of drug-likeness (QED) is 0.740. The third kappa shape index (κ3) is 9.82. The van der Waals surface area contributed by atoms with Crippen molar-refractivity contribution >= 4 is 10.8 Å². The summed E-state index contributed by atoms with van der Waals surface area (Å²) in [5.41, 5.74) is 0. The maximum Gasteiger partial charge on any atom is 0.0319 e. The zero-order valence-electron chi connectivity index (χ0n) is 12.5. The van der Waals surface area contributed by atoms with Crippen LogP contribution in [0, 0.1) is 0 Å². The first kappa shape index (κ1) is 21.9. The van der Waals surface area contributed by atoms with Gasteiger partial charge in [-0.3, -0.25) is 0 Å². The van der Waals surface area contributed by atoms with Crippen molar-refractivity contribution in [1.29, 1.82) is 0 Å². The molecular formula is C16H28O2. The fourth-order valence-electron chi connectivity index (χ4n) is 1.13. The third-order valence-corrected chi connectivity index (χ3v) is 1.66. The molecule has 0 heterocycles. The zero-order valence-corrected chi connectivity index (χ0v) is 12.5. The second kappa shape index (κ2) is 21.0. The lowest BCUT2D eigenvalue weighted by Gasteiger charge is -1.92. The van der Waals surface area contributed by atoms with Crippen LogP contribution in [0.3, 0.4) is 0 Å². The van der Waals surface area contributed by atoms with Crippen molar-refractivity contribution in [2.45, 2.75) is 27.7 Å². The van der Waals surface area contributed by atoms with E-state index in [1.165, 1.54) is 10.8 Å². The standard InChI is InChI=1S/C10H8.2C2H6.2CH4O/c1-2-6-10-8-4-3-7-9(10)5-1;4*1-2/h1-8H;2*1-2H3;2*2H,1H3. The van der Waals surface area contributed by atoms with Gasteiger partial charge in [-0.2, -0.15) is 0 Å². The van der Waals surface area contributed by atoms with Crippen molar-refractivity contribution in [2.24, 2.45) is 0 Å². The van der Waals surface area contributed by atoms with Crippen LogP contribution in [-0.2, 0) is 0 Å². The summed E-state index contributed by atoms with van der Waals surface area (Å²) in [6.45, 7) is 8.00. The van der Waals surface area contributed by atoms with Crippen LogP contribution in [0.5, 0.6) is 0 Å². The van der Waals surface area contributed by atoms with Crippen LogP contribution in [0.4, 0.5) is 0 Å². The molecule has 0 bridgehead atoms. The lowest BCUT2D eigenvalue weighted by molar-refractivity contribution is 0.399. The Bertz CT molecular complexity index is 280. The van der Waals surface area contributed by atoms with Crippen LogP contribution in [0.2, 0.25) is 0 Å². The number of aliphatic hydroxyl groups is 2. The first-order valence-corrected chi connectivity index (χ1v) is 6.30. The first-order valence-electron chi connectivity index (χ1n) is 6.30. The molecular weight excluding hydrogens is 224 g/mol. The van der Waals surface area contributed by atoms with Crippen LogP contribution in [0.25, 0.3) is 10.8 Å².